The number of carboxylic acids is 1. The summed E-state index contributed by atoms with van der Waals surface area (Å²) in [7, 11) is 0. The van der Waals surface area contributed by atoms with Gasteiger partial charge in [0, 0.05) is 30.2 Å². The van der Waals surface area contributed by atoms with E-state index in [9.17, 15) is 14.7 Å². The number of carbonyl (C=O) groups excluding carboxylic acids is 1. The lowest BCUT2D eigenvalue weighted by Gasteiger charge is -2.30. The van der Waals surface area contributed by atoms with Crippen molar-refractivity contribution >= 4 is 23.5 Å². The molecule has 2 unspecified atom stereocenters. The Labute approximate surface area is 219 Å². The maximum absolute atomic E-state index is 12.6. The molecule has 2 N–H and O–H groups in total. The van der Waals surface area contributed by atoms with Crippen LogP contribution in [0.5, 0.6) is 28.7 Å². The average Bonchev–Trinajstić information content (AvgIpc) is 3.37. The van der Waals surface area contributed by atoms with Crippen LogP contribution in [-0.4, -0.2) is 36.4 Å². The summed E-state index contributed by atoms with van der Waals surface area (Å²) >= 11 is 6.42. The normalized spacial score (nSPS) is 17.5. The highest BCUT2D eigenvalue weighted by molar-refractivity contribution is 6.32. The summed E-state index contributed by atoms with van der Waals surface area (Å²) in [5.74, 6) is 0.964. The summed E-state index contributed by atoms with van der Waals surface area (Å²) in [4.78, 5) is 24.3. The molecule has 0 saturated carbocycles. The van der Waals surface area contributed by atoms with Gasteiger partial charge < -0.3 is 29.4 Å². The van der Waals surface area contributed by atoms with Gasteiger partial charge in [-0.1, -0.05) is 24.6 Å². The Kier molecular flexibility index (Phi) is 7.10. The zero-order valence-corrected chi connectivity index (χ0v) is 20.9. The van der Waals surface area contributed by atoms with E-state index >= 15 is 0 Å². The van der Waals surface area contributed by atoms with Crippen LogP contribution in [0, 0.1) is 0 Å². The number of ether oxygens (including phenoxy) is 4. The molecular formula is C28H26ClNO7. The van der Waals surface area contributed by atoms with Crippen LogP contribution in [0.4, 0.5) is 0 Å². The molecule has 192 valence electrons. The molecule has 2 aliphatic rings. The first kappa shape index (κ1) is 24.8. The van der Waals surface area contributed by atoms with E-state index in [1.165, 1.54) is 0 Å². The van der Waals surface area contributed by atoms with Crippen molar-refractivity contribution in [2.24, 2.45) is 0 Å². The van der Waals surface area contributed by atoms with E-state index in [-0.39, 0.29) is 23.8 Å². The van der Waals surface area contributed by atoms with Crippen LogP contribution in [0.2, 0.25) is 5.02 Å². The molecule has 0 saturated heterocycles. The van der Waals surface area contributed by atoms with Crippen molar-refractivity contribution in [3.63, 3.8) is 0 Å². The second-order valence-electron chi connectivity index (χ2n) is 8.92. The number of hydrogen-bond donors (Lipinski definition) is 2. The van der Waals surface area contributed by atoms with E-state index in [1.807, 2.05) is 25.1 Å². The number of carbonyl (C=O) groups is 2. The fourth-order valence-corrected chi connectivity index (χ4v) is 4.63. The zero-order chi connectivity index (χ0) is 25.9. The van der Waals surface area contributed by atoms with Crippen molar-refractivity contribution < 1.29 is 33.6 Å². The molecule has 2 heterocycles. The predicted molar refractivity (Wildman–Crippen MR) is 136 cm³/mol. The second-order valence-corrected chi connectivity index (χ2v) is 9.32. The fraction of sp³-hybridized carbons (Fsp3) is 0.286. The smallest absolute Gasteiger partial charge is 0.311 e. The molecule has 0 spiro atoms. The summed E-state index contributed by atoms with van der Waals surface area (Å²) in [5.41, 5.74) is 2.08. The van der Waals surface area contributed by atoms with Crippen molar-refractivity contribution in [3.05, 3.63) is 76.3 Å². The molecule has 3 aromatic carbocycles. The number of rotatable bonds is 8. The SMILES string of the molecule is CCC1CC(C(=O)O)c2cc(Cl)c(Oc3ccc(C(=O)NCCc4ccc5c(c4)OCO5)cc3)cc2O1. The van der Waals surface area contributed by atoms with Crippen molar-refractivity contribution in [3.8, 4) is 28.7 Å². The van der Waals surface area contributed by atoms with E-state index in [4.69, 9.17) is 30.5 Å². The molecule has 2 aliphatic heterocycles. The third-order valence-corrected chi connectivity index (χ3v) is 6.76. The van der Waals surface area contributed by atoms with Gasteiger partial charge in [-0.3, -0.25) is 9.59 Å². The highest BCUT2D eigenvalue weighted by Gasteiger charge is 2.33. The van der Waals surface area contributed by atoms with Gasteiger partial charge in [0.15, 0.2) is 11.5 Å². The Morgan fingerprint density at radius 1 is 1.05 bits per heavy atom. The zero-order valence-electron chi connectivity index (χ0n) is 20.2. The summed E-state index contributed by atoms with van der Waals surface area (Å²) in [6, 6.07) is 15.7. The molecule has 0 aliphatic carbocycles. The topological polar surface area (TPSA) is 103 Å². The van der Waals surface area contributed by atoms with Crippen molar-refractivity contribution in [1.29, 1.82) is 0 Å². The number of hydrogen-bond acceptors (Lipinski definition) is 6. The van der Waals surface area contributed by atoms with Crippen molar-refractivity contribution in [1.82, 2.24) is 5.32 Å². The second kappa shape index (κ2) is 10.6. The monoisotopic (exact) mass is 523 g/mol. The van der Waals surface area contributed by atoms with Gasteiger partial charge in [-0.25, -0.2) is 0 Å². The number of halogens is 1. The molecule has 37 heavy (non-hydrogen) atoms. The van der Waals surface area contributed by atoms with Crippen LogP contribution >= 0.6 is 11.6 Å². The van der Waals surface area contributed by atoms with E-state index in [1.54, 1.807) is 36.4 Å². The quantitative estimate of drug-likeness (QED) is 0.398. The summed E-state index contributed by atoms with van der Waals surface area (Å²) in [6.45, 7) is 2.65. The minimum Gasteiger partial charge on any atom is -0.490 e. The molecule has 0 aromatic heterocycles. The van der Waals surface area contributed by atoms with Crippen LogP contribution in [0.1, 0.15) is 47.2 Å². The number of aliphatic carboxylic acids is 1. The molecule has 5 rings (SSSR count). The largest absolute Gasteiger partial charge is 0.490 e. The van der Waals surface area contributed by atoms with Crippen LogP contribution < -0.4 is 24.3 Å². The first-order valence-corrected chi connectivity index (χ1v) is 12.5. The van der Waals surface area contributed by atoms with Crippen LogP contribution in [0.15, 0.2) is 54.6 Å². The number of carboxylic acid groups (broad SMARTS) is 1. The summed E-state index contributed by atoms with van der Waals surface area (Å²) < 4.78 is 22.6. The molecule has 1 amide bonds. The van der Waals surface area contributed by atoms with Crippen LogP contribution in [0.3, 0.4) is 0 Å². The maximum atomic E-state index is 12.6. The molecule has 3 aromatic rings. The minimum absolute atomic E-state index is 0.189. The molecule has 9 heteroatoms. The lowest BCUT2D eigenvalue weighted by molar-refractivity contribution is -0.140. The van der Waals surface area contributed by atoms with Gasteiger partial charge in [0.1, 0.15) is 17.2 Å². The van der Waals surface area contributed by atoms with Crippen molar-refractivity contribution in [2.45, 2.75) is 38.2 Å². The average molecular weight is 524 g/mol. The molecule has 0 fully saturated rings. The number of amides is 1. The van der Waals surface area contributed by atoms with E-state index in [2.05, 4.69) is 5.32 Å². The van der Waals surface area contributed by atoms with Crippen LogP contribution in [-0.2, 0) is 11.2 Å². The molecule has 2 atom stereocenters. The van der Waals surface area contributed by atoms with Gasteiger partial charge in [-0.2, -0.15) is 0 Å². The Morgan fingerprint density at radius 2 is 1.84 bits per heavy atom. The Bertz CT molecular complexity index is 1320. The number of nitrogens with one attached hydrogen (secondary N) is 1. The highest BCUT2D eigenvalue weighted by Crippen LogP contribution is 2.43. The Morgan fingerprint density at radius 3 is 2.59 bits per heavy atom. The molecular weight excluding hydrogens is 498 g/mol. The van der Waals surface area contributed by atoms with Crippen molar-refractivity contribution in [2.75, 3.05) is 13.3 Å². The summed E-state index contributed by atoms with van der Waals surface area (Å²) in [5, 5.41) is 12.8. The van der Waals surface area contributed by atoms with Gasteiger partial charge in [0.05, 0.1) is 17.0 Å². The standard InChI is InChI=1S/C28H26ClNO7/c1-2-18-12-21(28(32)33)20-13-22(29)25(14-24(20)36-18)37-19-6-4-17(5-7-19)27(31)30-10-9-16-3-8-23-26(11-16)35-15-34-23/h3-8,11,13-14,18,21H,2,9-10,12,15H2,1H3,(H,30,31)(H,32,33). The molecule has 0 radical (unpaired) electrons. The first-order valence-electron chi connectivity index (χ1n) is 12.1. The Balaban J connectivity index is 1.21. The first-order chi connectivity index (χ1) is 17.9. The Hall–Kier alpha value is -3.91. The van der Waals surface area contributed by atoms with Gasteiger partial charge >= 0.3 is 5.97 Å². The van der Waals surface area contributed by atoms with Gasteiger partial charge in [-0.15, -0.1) is 0 Å². The number of benzene rings is 3. The van der Waals surface area contributed by atoms with Gasteiger partial charge in [-0.05, 0) is 60.9 Å². The summed E-state index contributed by atoms with van der Waals surface area (Å²) in [6.07, 6.45) is 1.56. The van der Waals surface area contributed by atoms with Crippen LogP contribution in [0.25, 0.3) is 0 Å². The number of fused-ring (bicyclic) bond motifs is 2. The van der Waals surface area contributed by atoms with Gasteiger partial charge in [0.25, 0.3) is 5.91 Å². The highest BCUT2D eigenvalue weighted by atomic mass is 35.5. The molecule has 8 nitrogen and oxygen atoms in total. The molecule has 0 bridgehead atoms. The maximum Gasteiger partial charge on any atom is 0.311 e. The van der Waals surface area contributed by atoms with E-state index in [0.29, 0.717) is 54.2 Å². The van der Waals surface area contributed by atoms with Gasteiger partial charge in [0.2, 0.25) is 6.79 Å². The van der Waals surface area contributed by atoms with E-state index in [0.717, 1.165) is 17.1 Å². The van der Waals surface area contributed by atoms with E-state index < -0.39 is 11.9 Å². The third kappa shape index (κ3) is 5.44. The third-order valence-electron chi connectivity index (χ3n) is 6.47. The predicted octanol–water partition coefficient (Wildman–Crippen LogP) is 5.56. The lowest BCUT2D eigenvalue weighted by Crippen LogP contribution is -2.28. The lowest BCUT2D eigenvalue weighted by atomic mass is 9.89. The minimum atomic E-state index is -0.905. The fourth-order valence-electron chi connectivity index (χ4n) is 4.42.